The summed E-state index contributed by atoms with van der Waals surface area (Å²) in [6.07, 6.45) is 0.253. The van der Waals surface area contributed by atoms with Crippen molar-refractivity contribution in [3.05, 3.63) is 53.8 Å². The first-order chi connectivity index (χ1) is 12.0. The molecular weight excluding hydrogens is 325 g/mol. The van der Waals surface area contributed by atoms with Crippen molar-refractivity contribution in [1.82, 2.24) is 0 Å². The average molecular weight is 345 g/mol. The van der Waals surface area contributed by atoms with Gasteiger partial charge in [0.25, 0.3) is 0 Å². The normalized spacial score (nSPS) is 10.2. The van der Waals surface area contributed by atoms with Crippen LogP contribution in [0, 0.1) is 5.82 Å². The quantitative estimate of drug-likeness (QED) is 0.718. The van der Waals surface area contributed by atoms with Crippen molar-refractivity contribution in [3.8, 4) is 5.75 Å². The Kier molecular flexibility index (Phi) is 6.47. The first kappa shape index (κ1) is 18.4. The van der Waals surface area contributed by atoms with Crippen molar-refractivity contribution in [2.24, 2.45) is 5.73 Å². The predicted molar refractivity (Wildman–Crippen MR) is 94.0 cm³/mol. The van der Waals surface area contributed by atoms with Gasteiger partial charge in [0.1, 0.15) is 11.6 Å². The van der Waals surface area contributed by atoms with Crippen molar-refractivity contribution >= 4 is 23.2 Å². The Morgan fingerprint density at radius 2 is 1.72 bits per heavy atom. The fraction of sp³-hybridized carbons (Fsp3) is 0.222. The van der Waals surface area contributed by atoms with Gasteiger partial charge in [-0.25, -0.2) is 4.39 Å². The van der Waals surface area contributed by atoms with Gasteiger partial charge in [0.15, 0.2) is 0 Å². The molecule has 0 saturated heterocycles. The van der Waals surface area contributed by atoms with Crippen molar-refractivity contribution in [2.75, 3.05) is 24.3 Å². The van der Waals surface area contributed by atoms with Gasteiger partial charge in [-0.3, -0.25) is 9.59 Å². The van der Waals surface area contributed by atoms with Crippen molar-refractivity contribution in [2.45, 2.75) is 12.8 Å². The third-order valence-electron chi connectivity index (χ3n) is 3.42. The van der Waals surface area contributed by atoms with Crippen LogP contribution < -0.4 is 21.1 Å². The number of nitrogens with two attached hydrogens (primary N) is 1. The van der Waals surface area contributed by atoms with Crippen LogP contribution in [0.3, 0.4) is 0 Å². The summed E-state index contributed by atoms with van der Waals surface area (Å²) in [5.41, 5.74) is 6.92. The Hall–Kier alpha value is -2.93. The van der Waals surface area contributed by atoms with E-state index in [4.69, 9.17) is 10.5 Å². The molecule has 0 unspecified atom stereocenters. The Labute approximate surface area is 145 Å². The fourth-order valence-corrected chi connectivity index (χ4v) is 2.19. The predicted octanol–water partition coefficient (Wildman–Crippen LogP) is 2.30. The van der Waals surface area contributed by atoms with Gasteiger partial charge in [-0.2, -0.15) is 0 Å². The molecule has 0 aliphatic carbocycles. The largest absolute Gasteiger partial charge is 0.497 e. The first-order valence-electron chi connectivity index (χ1n) is 7.74. The summed E-state index contributed by atoms with van der Waals surface area (Å²) in [7, 11) is 1.51. The molecule has 0 aliphatic heterocycles. The number of halogens is 1. The molecule has 6 nitrogen and oxygen atoms in total. The molecule has 0 saturated carbocycles. The number of carbonyl (C=O) groups excluding carboxylic acids is 2. The highest BCUT2D eigenvalue weighted by atomic mass is 19.1. The van der Waals surface area contributed by atoms with Crippen molar-refractivity contribution < 1.29 is 18.7 Å². The van der Waals surface area contributed by atoms with E-state index < -0.39 is 0 Å². The minimum atomic E-state index is -0.357. The molecule has 2 rings (SSSR count). The molecule has 0 fully saturated rings. The summed E-state index contributed by atoms with van der Waals surface area (Å²) >= 11 is 0. The molecule has 25 heavy (non-hydrogen) atoms. The summed E-state index contributed by atoms with van der Waals surface area (Å²) in [4.78, 5) is 24.0. The fourth-order valence-electron chi connectivity index (χ4n) is 2.19. The van der Waals surface area contributed by atoms with E-state index in [1.54, 1.807) is 30.3 Å². The second-order valence-electron chi connectivity index (χ2n) is 5.35. The summed E-state index contributed by atoms with van der Waals surface area (Å²) in [6, 6.07) is 10.6. The van der Waals surface area contributed by atoms with Crippen molar-refractivity contribution in [3.63, 3.8) is 0 Å². The Balaban J connectivity index is 2.12. The average Bonchev–Trinajstić information content (AvgIpc) is 2.58. The van der Waals surface area contributed by atoms with E-state index in [0.29, 0.717) is 22.7 Å². The number of methoxy groups -OCH3 is 1. The zero-order valence-electron chi connectivity index (χ0n) is 13.8. The monoisotopic (exact) mass is 345 g/mol. The highest BCUT2D eigenvalue weighted by molar-refractivity contribution is 6.00. The Morgan fingerprint density at radius 1 is 1.04 bits per heavy atom. The SMILES string of the molecule is COc1ccc(NC(=O)Cc2ccc(F)cc2)c(NC(=O)CCN)c1. The van der Waals surface area contributed by atoms with Gasteiger partial charge >= 0.3 is 0 Å². The van der Waals surface area contributed by atoms with Crippen LogP contribution in [0.4, 0.5) is 15.8 Å². The van der Waals surface area contributed by atoms with Crippen LogP contribution >= 0.6 is 0 Å². The van der Waals surface area contributed by atoms with Crippen LogP contribution in [0.2, 0.25) is 0 Å². The van der Waals surface area contributed by atoms with Gasteiger partial charge in [0.2, 0.25) is 11.8 Å². The Morgan fingerprint density at radius 3 is 2.36 bits per heavy atom. The van der Waals surface area contributed by atoms with Gasteiger partial charge in [0, 0.05) is 19.0 Å². The zero-order valence-corrected chi connectivity index (χ0v) is 13.8. The highest BCUT2D eigenvalue weighted by Crippen LogP contribution is 2.27. The lowest BCUT2D eigenvalue weighted by Gasteiger charge is -2.14. The molecular formula is C18H20FN3O3. The Bertz CT molecular complexity index is 748. The summed E-state index contributed by atoms with van der Waals surface area (Å²) in [6.45, 7) is 0.224. The molecule has 0 aliphatic rings. The summed E-state index contributed by atoms with van der Waals surface area (Å²) < 4.78 is 18.1. The van der Waals surface area contributed by atoms with E-state index in [0.717, 1.165) is 0 Å². The second-order valence-corrected chi connectivity index (χ2v) is 5.35. The number of hydrogen-bond acceptors (Lipinski definition) is 4. The number of carbonyl (C=O) groups is 2. The van der Waals surface area contributed by atoms with Crippen LogP contribution in [0.5, 0.6) is 5.75 Å². The van der Waals surface area contributed by atoms with Crippen molar-refractivity contribution in [1.29, 1.82) is 0 Å². The zero-order chi connectivity index (χ0) is 18.2. The van der Waals surface area contributed by atoms with Gasteiger partial charge in [-0.15, -0.1) is 0 Å². The first-order valence-corrected chi connectivity index (χ1v) is 7.74. The third-order valence-corrected chi connectivity index (χ3v) is 3.42. The van der Waals surface area contributed by atoms with E-state index >= 15 is 0 Å². The van der Waals surface area contributed by atoms with Gasteiger partial charge in [-0.1, -0.05) is 12.1 Å². The molecule has 0 aromatic heterocycles. The van der Waals surface area contributed by atoms with E-state index in [1.165, 1.54) is 19.2 Å². The smallest absolute Gasteiger partial charge is 0.228 e. The highest BCUT2D eigenvalue weighted by Gasteiger charge is 2.11. The lowest BCUT2D eigenvalue weighted by Crippen LogP contribution is -2.19. The number of anilines is 2. The van der Waals surface area contributed by atoms with Crippen LogP contribution in [-0.2, 0) is 16.0 Å². The number of benzene rings is 2. The number of nitrogens with one attached hydrogen (secondary N) is 2. The maximum atomic E-state index is 12.9. The summed E-state index contributed by atoms with van der Waals surface area (Å²) in [5.74, 6) is -0.361. The maximum absolute atomic E-state index is 12.9. The van der Waals surface area contributed by atoms with E-state index in [9.17, 15) is 14.0 Å². The minimum Gasteiger partial charge on any atom is -0.497 e. The molecule has 7 heteroatoms. The molecule has 2 amide bonds. The number of rotatable bonds is 7. The molecule has 2 aromatic rings. The molecule has 0 atom stereocenters. The molecule has 0 bridgehead atoms. The van der Waals surface area contributed by atoms with Gasteiger partial charge in [0.05, 0.1) is 24.9 Å². The van der Waals surface area contributed by atoms with Gasteiger partial charge < -0.3 is 21.1 Å². The number of hydrogen-bond donors (Lipinski definition) is 3. The lowest BCUT2D eigenvalue weighted by molar-refractivity contribution is -0.116. The maximum Gasteiger partial charge on any atom is 0.228 e. The van der Waals surface area contributed by atoms with Crippen LogP contribution in [0.1, 0.15) is 12.0 Å². The standard InChI is InChI=1S/C18H20FN3O3/c1-25-14-6-7-15(16(11-14)22-17(23)8-9-20)21-18(24)10-12-2-4-13(19)5-3-12/h2-7,11H,8-10,20H2,1H3,(H,21,24)(H,22,23). The third kappa shape index (κ3) is 5.58. The van der Waals surface area contributed by atoms with Crippen LogP contribution in [0.15, 0.2) is 42.5 Å². The minimum absolute atomic E-state index is 0.0858. The molecule has 0 heterocycles. The van der Waals surface area contributed by atoms with E-state index in [-0.39, 0.29) is 37.0 Å². The number of ether oxygens (including phenoxy) is 1. The topological polar surface area (TPSA) is 93.5 Å². The van der Waals surface area contributed by atoms with Crippen LogP contribution in [0.25, 0.3) is 0 Å². The molecule has 2 aromatic carbocycles. The molecule has 4 N–H and O–H groups in total. The number of amides is 2. The molecule has 132 valence electrons. The lowest BCUT2D eigenvalue weighted by atomic mass is 10.1. The molecule has 0 radical (unpaired) electrons. The van der Waals surface area contributed by atoms with Crippen LogP contribution in [-0.4, -0.2) is 25.5 Å². The second kappa shape index (κ2) is 8.79. The van der Waals surface area contributed by atoms with E-state index in [2.05, 4.69) is 10.6 Å². The van der Waals surface area contributed by atoms with Gasteiger partial charge in [-0.05, 0) is 29.8 Å². The molecule has 0 spiro atoms. The van der Waals surface area contributed by atoms with E-state index in [1.807, 2.05) is 0 Å². The summed E-state index contributed by atoms with van der Waals surface area (Å²) in [5, 5.41) is 5.44.